The third-order valence-electron chi connectivity index (χ3n) is 4.35. The van der Waals surface area contributed by atoms with Gasteiger partial charge in [-0.15, -0.1) is 0 Å². The first-order valence-corrected chi connectivity index (χ1v) is 6.57. The summed E-state index contributed by atoms with van der Waals surface area (Å²) in [6.07, 6.45) is 4.74. The minimum absolute atomic E-state index is 0.212. The van der Waals surface area contributed by atoms with Crippen LogP contribution in [0.15, 0.2) is 18.3 Å². The molecule has 1 aromatic rings. The summed E-state index contributed by atoms with van der Waals surface area (Å²) in [6.45, 7) is 0.724. The fourth-order valence-corrected chi connectivity index (χ4v) is 3.58. The fraction of sp³-hybridized carbons (Fsp3) is 0.500. The molecule has 0 bridgehead atoms. The van der Waals surface area contributed by atoms with E-state index in [2.05, 4.69) is 11.1 Å². The molecule has 98 valence electrons. The average molecular weight is 257 g/mol. The molecule has 2 heterocycles. The van der Waals surface area contributed by atoms with E-state index in [-0.39, 0.29) is 5.92 Å². The van der Waals surface area contributed by atoms with Crippen molar-refractivity contribution in [2.75, 3.05) is 11.4 Å². The minimum Gasteiger partial charge on any atom is -0.480 e. The van der Waals surface area contributed by atoms with Crippen LogP contribution in [0.25, 0.3) is 0 Å². The Hall–Kier alpha value is -2.09. The number of rotatable bonds is 2. The van der Waals surface area contributed by atoms with Crippen molar-refractivity contribution in [1.29, 1.82) is 5.26 Å². The van der Waals surface area contributed by atoms with E-state index >= 15 is 0 Å². The van der Waals surface area contributed by atoms with Crippen molar-refractivity contribution >= 4 is 11.7 Å². The zero-order chi connectivity index (χ0) is 13.4. The number of pyridine rings is 1. The van der Waals surface area contributed by atoms with Crippen LogP contribution >= 0.6 is 0 Å². The molecular weight excluding hydrogens is 242 g/mol. The quantitative estimate of drug-likeness (QED) is 0.871. The molecule has 5 heteroatoms. The van der Waals surface area contributed by atoms with Crippen molar-refractivity contribution in [1.82, 2.24) is 4.98 Å². The SMILES string of the molecule is N#Cc1ncccc1N1CC2CCCC2C1C(=O)O. The van der Waals surface area contributed by atoms with E-state index < -0.39 is 12.0 Å². The normalized spacial score (nSPS) is 29.0. The summed E-state index contributed by atoms with van der Waals surface area (Å²) in [5.74, 6) is -0.140. The van der Waals surface area contributed by atoms with Crippen molar-refractivity contribution in [3.05, 3.63) is 24.0 Å². The second-order valence-corrected chi connectivity index (χ2v) is 5.27. The van der Waals surface area contributed by atoms with Crippen LogP contribution in [0, 0.1) is 23.2 Å². The van der Waals surface area contributed by atoms with Crippen LogP contribution in [0.2, 0.25) is 0 Å². The molecule has 1 aromatic heterocycles. The smallest absolute Gasteiger partial charge is 0.326 e. The lowest BCUT2D eigenvalue weighted by Crippen LogP contribution is -2.40. The van der Waals surface area contributed by atoms with E-state index in [1.54, 1.807) is 18.3 Å². The summed E-state index contributed by atoms with van der Waals surface area (Å²) < 4.78 is 0. The van der Waals surface area contributed by atoms with Gasteiger partial charge in [0.2, 0.25) is 0 Å². The third-order valence-corrected chi connectivity index (χ3v) is 4.35. The highest BCUT2D eigenvalue weighted by Crippen LogP contribution is 2.44. The Kier molecular flexibility index (Phi) is 2.86. The van der Waals surface area contributed by atoms with Gasteiger partial charge in [-0.1, -0.05) is 6.42 Å². The molecule has 1 saturated carbocycles. The second-order valence-electron chi connectivity index (χ2n) is 5.27. The van der Waals surface area contributed by atoms with Crippen molar-refractivity contribution in [2.24, 2.45) is 11.8 Å². The van der Waals surface area contributed by atoms with Crippen molar-refractivity contribution in [3.8, 4) is 6.07 Å². The van der Waals surface area contributed by atoms with E-state index in [4.69, 9.17) is 5.26 Å². The number of carboxylic acid groups (broad SMARTS) is 1. The minimum atomic E-state index is -0.790. The Morgan fingerprint density at radius 2 is 2.37 bits per heavy atom. The van der Waals surface area contributed by atoms with E-state index in [0.29, 0.717) is 17.3 Å². The molecule has 3 rings (SSSR count). The summed E-state index contributed by atoms with van der Waals surface area (Å²) in [5.41, 5.74) is 0.973. The average Bonchev–Trinajstić information content (AvgIpc) is 2.97. The van der Waals surface area contributed by atoms with Crippen LogP contribution < -0.4 is 4.90 Å². The van der Waals surface area contributed by atoms with Gasteiger partial charge in [0, 0.05) is 12.7 Å². The summed E-state index contributed by atoms with van der Waals surface area (Å²) in [7, 11) is 0. The van der Waals surface area contributed by atoms with Gasteiger partial charge in [-0.2, -0.15) is 5.26 Å². The van der Waals surface area contributed by atoms with Gasteiger partial charge >= 0.3 is 5.97 Å². The largest absolute Gasteiger partial charge is 0.480 e. The highest BCUT2D eigenvalue weighted by Gasteiger charge is 2.48. The van der Waals surface area contributed by atoms with E-state index in [0.717, 1.165) is 25.8 Å². The molecule has 2 fully saturated rings. The molecule has 2 aliphatic rings. The van der Waals surface area contributed by atoms with Crippen LogP contribution in [0.4, 0.5) is 5.69 Å². The number of carbonyl (C=O) groups is 1. The monoisotopic (exact) mass is 257 g/mol. The fourth-order valence-electron chi connectivity index (χ4n) is 3.58. The van der Waals surface area contributed by atoms with Gasteiger partial charge < -0.3 is 10.0 Å². The van der Waals surface area contributed by atoms with Crippen LogP contribution in [0.5, 0.6) is 0 Å². The third kappa shape index (κ3) is 1.84. The first kappa shape index (κ1) is 12.0. The second kappa shape index (κ2) is 4.54. The van der Waals surface area contributed by atoms with Gasteiger partial charge in [0.05, 0.1) is 5.69 Å². The number of aliphatic carboxylic acids is 1. The molecule has 0 radical (unpaired) electrons. The first-order chi connectivity index (χ1) is 9.22. The lowest BCUT2D eigenvalue weighted by molar-refractivity contribution is -0.139. The highest BCUT2D eigenvalue weighted by atomic mass is 16.4. The van der Waals surface area contributed by atoms with Gasteiger partial charge in [-0.25, -0.2) is 9.78 Å². The van der Waals surface area contributed by atoms with Crippen molar-refractivity contribution in [2.45, 2.75) is 25.3 Å². The maximum absolute atomic E-state index is 11.6. The molecule has 3 atom stereocenters. The molecule has 5 nitrogen and oxygen atoms in total. The number of anilines is 1. The number of aromatic nitrogens is 1. The van der Waals surface area contributed by atoms with Crippen molar-refractivity contribution in [3.63, 3.8) is 0 Å². The molecule has 1 N–H and O–H groups in total. The molecule has 0 spiro atoms. The number of hydrogen-bond acceptors (Lipinski definition) is 4. The molecule has 1 aliphatic heterocycles. The first-order valence-electron chi connectivity index (χ1n) is 6.57. The Labute approximate surface area is 111 Å². The van der Waals surface area contributed by atoms with Gasteiger partial charge in [0.1, 0.15) is 12.1 Å². The lowest BCUT2D eigenvalue weighted by Gasteiger charge is -2.26. The number of nitrogens with zero attached hydrogens (tertiary/aromatic N) is 3. The maximum Gasteiger partial charge on any atom is 0.326 e. The number of carboxylic acids is 1. The molecule has 19 heavy (non-hydrogen) atoms. The Balaban J connectivity index is 2.00. The number of nitriles is 1. The predicted octanol–water partition coefficient (Wildman–Crippen LogP) is 1.64. The summed E-state index contributed by atoms with van der Waals surface area (Å²) >= 11 is 0. The standard InChI is InChI=1S/C14H15N3O2/c15-7-11-12(5-2-6-16-11)17-8-9-3-1-4-10(9)13(17)14(18)19/h2,5-6,9-10,13H,1,3-4,8H2,(H,18,19). The van der Waals surface area contributed by atoms with E-state index in [1.807, 2.05) is 4.90 Å². The van der Waals surface area contributed by atoms with Gasteiger partial charge in [0.25, 0.3) is 0 Å². The van der Waals surface area contributed by atoms with E-state index in [9.17, 15) is 9.90 Å². The molecule has 1 saturated heterocycles. The van der Waals surface area contributed by atoms with Crippen LogP contribution in [0.3, 0.4) is 0 Å². The Morgan fingerprint density at radius 3 is 3.11 bits per heavy atom. The van der Waals surface area contributed by atoms with Gasteiger partial charge in [-0.3, -0.25) is 0 Å². The summed E-state index contributed by atoms with van der Waals surface area (Å²) in [5, 5.41) is 18.6. The molecule has 0 aromatic carbocycles. The topological polar surface area (TPSA) is 77.2 Å². The van der Waals surface area contributed by atoms with Gasteiger partial charge in [-0.05, 0) is 36.8 Å². The summed E-state index contributed by atoms with van der Waals surface area (Å²) in [6, 6.07) is 5.09. The lowest BCUT2D eigenvalue weighted by atomic mass is 9.94. The summed E-state index contributed by atoms with van der Waals surface area (Å²) in [4.78, 5) is 17.5. The van der Waals surface area contributed by atoms with Crippen LogP contribution in [0.1, 0.15) is 25.0 Å². The number of hydrogen-bond donors (Lipinski definition) is 1. The highest BCUT2D eigenvalue weighted by molar-refractivity contribution is 5.80. The zero-order valence-electron chi connectivity index (χ0n) is 10.5. The molecule has 3 unspecified atom stereocenters. The van der Waals surface area contributed by atoms with Crippen LogP contribution in [-0.4, -0.2) is 28.6 Å². The molecular formula is C14H15N3O2. The van der Waals surface area contributed by atoms with E-state index in [1.165, 1.54) is 0 Å². The Morgan fingerprint density at radius 1 is 1.53 bits per heavy atom. The van der Waals surface area contributed by atoms with Crippen molar-refractivity contribution < 1.29 is 9.90 Å². The van der Waals surface area contributed by atoms with Gasteiger partial charge in [0.15, 0.2) is 5.69 Å². The van der Waals surface area contributed by atoms with Crippen LogP contribution in [-0.2, 0) is 4.79 Å². The molecule has 1 aliphatic carbocycles. The molecule has 0 amide bonds. The number of fused-ring (bicyclic) bond motifs is 1. The zero-order valence-corrected chi connectivity index (χ0v) is 10.5. The Bertz CT molecular complexity index is 552. The maximum atomic E-state index is 11.6. The predicted molar refractivity (Wildman–Crippen MR) is 68.6 cm³/mol.